The highest BCUT2D eigenvalue weighted by Crippen LogP contribution is 2.67. The summed E-state index contributed by atoms with van der Waals surface area (Å²) in [5.74, 6) is 1.15. The van der Waals surface area contributed by atoms with Crippen molar-refractivity contribution in [2.75, 3.05) is 7.11 Å². The highest BCUT2D eigenvalue weighted by atomic mass is 16.5. The summed E-state index contributed by atoms with van der Waals surface area (Å²) in [6, 6.07) is 21.6. The maximum absolute atomic E-state index is 12.3. The molecule has 30 heavy (non-hydrogen) atoms. The summed E-state index contributed by atoms with van der Waals surface area (Å²) in [7, 11) is 1.63. The number of rotatable bonds is 3. The maximum atomic E-state index is 12.3. The number of aliphatic hydroxyl groups is 2. The van der Waals surface area contributed by atoms with Gasteiger partial charge >= 0.3 is 0 Å². The fourth-order valence-electron chi connectivity index (χ4n) is 5.62. The Hall–Kier alpha value is -2.82. The van der Waals surface area contributed by atoms with Crippen LogP contribution in [0.15, 0.2) is 66.7 Å². The van der Waals surface area contributed by atoms with E-state index in [1.54, 1.807) is 7.11 Å². The van der Waals surface area contributed by atoms with Gasteiger partial charge in [-0.25, -0.2) is 0 Å². The second-order valence-electron chi connectivity index (χ2n) is 8.50. The van der Waals surface area contributed by atoms with E-state index >= 15 is 0 Å². The topological polar surface area (TPSA) is 58.9 Å². The Morgan fingerprint density at radius 1 is 1.00 bits per heavy atom. The Morgan fingerprint density at radius 2 is 1.70 bits per heavy atom. The lowest BCUT2D eigenvalue weighted by Gasteiger charge is -2.41. The fourth-order valence-corrected chi connectivity index (χ4v) is 5.62. The predicted molar refractivity (Wildman–Crippen MR) is 115 cm³/mol. The van der Waals surface area contributed by atoms with Crippen LogP contribution < -0.4 is 9.47 Å². The smallest absolute Gasteiger partial charge is 0.176 e. The molecule has 1 fully saturated rings. The van der Waals surface area contributed by atoms with Gasteiger partial charge in [-0.2, -0.15) is 0 Å². The van der Waals surface area contributed by atoms with Crippen molar-refractivity contribution in [3.8, 4) is 11.5 Å². The van der Waals surface area contributed by atoms with Gasteiger partial charge in [-0.3, -0.25) is 0 Å². The van der Waals surface area contributed by atoms with E-state index in [1.807, 2.05) is 80.6 Å². The minimum Gasteiger partial charge on any atom is -0.497 e. The minimum atomic E-state index is -1.56. The number of aliphatic hydroxyl groups excluding tert-OH is 1. The molecule has 154 valence electrons. The standard InChI is InChI=1S/C26H26O4/c1-16-13-17(2)24-22(14-16)30-26(19-9-11-20(29-3)12-10-19)21(15-23(27)25(24,26)28)18-7-5-4-6-8-18/h4-14,21,23,27-28H,15H2,1-3H3/t21-,23+,25+,26-/m0/s1. The SMILES string of the molecule is COc1ccc([C@@]23Oc4cc(C)cc(C)c4[C@]2(O)[C@H](O)C[C@H]3c2ccccc2)cc1. The zero-order chi connectivity index (χ0) is 21.1. The summed E-state index contributed by atoms with van der Waals surface area (Å²) in [5, 5.41) is 23.6. The third-order valence-corrected chi connectivity index (χ3v) is 6.81. The maximum Gasteiger partial charge on any atom is 0.176 e. The molecule has 0 aromatic heterocycles. The van der Waals surface area contributed by atoms with Crippen molar-refractivity contribution in [1.82, 2.24) is 0 Å². The Morgan fingerprint density at radius 3 is 2.37 bits per heavy atom. The number of hydrogen-bond acceptors (Lipinski definition) is 4. The van der Waals surface area contributed by atoms with Crippen molar-refractivity contribution in [2.45, 2.75) is 43.5 Å². The van der Waals surface area contributed by atoms with Gasteiger partial charge in [-0.05, 0) is 60.7 Å². The summed E-state index contributed by atoms with van der Waals surface area (Å²) in [6.07, 6.45) is -0.563. The number of aryl methyl sites for hydroxylation is 2. The lowest BCUT2D eigenvalue weighted by atomic mass is 9.70. The van der Waals surface area contributed by atoms with E-state index in [-0.39, 0.29) is 5.92 Å². The molecule has 0 bridgehead atoms. The van der Waals surface area contributed by atoms with Gasteiger partial charge < -0.3 is 19.7 Å². The van der Waals surface area contributed by atoms with Crippen LogP contribution in [0.3, 0.4) is 0 Å². The zero-order valence-electron chi connectivity index (χ0n) is 17.4. The lowest BCUT2D eigenvalue weighted by Crippen LogP contribution is -2.52. The van der Waals surface area contributed by atoms with Crippen LogP contribution in [0.25, 0.3) is 0 Å². The molecule has 0 spiro atoms. The molecule has 2 N–H and O–H groups in total. The molecule has 1 aliphatic heterocycles. The first kappa shape index (κ1) is 19.2. The summed E-state index contributed by atoms with van der Waals surface area (Å²) >= 11 is 0. The van der Waals surface area contributed by atoms with Crippen molar-refractivity contribution in [3.63, 3.8) is 0 Å². The van der Waals surface area contributed by atoms with Crippen molar-refractivity contribution in [1.29, 1.82) is 0 Å². The van der Waals surface area contributed by atoms with Crippen LogP contribution >= 0.6 is 0 Å². The average molecular weight is 402 g/mol. The Kier molecular flexibility index (Phi) is 4.21. The Bertz CT molecular complexity index is 1090. The van der Waals surface area contributed by atoms with Crippen LogP contribution in [0, 0.1) is 13.8 Å². The molecule has 1 saturated carbocycles. The second-order valence-corrected chi connectivity index (χ2v) is 8.50. The van der Waals surface area contributed by atoms with Crippen molar-refractivity contribution in [3.05, 3.63) is 94.5 Å². The van der Waals surface area contributed by atoms with Gasteiger partial charge in [0.25, 0.3) is 0 Å². The van der Waals surface area contributed by atoms with E-state index in [2.05, 4.69) is 0 Å². The zero-order valence-corrected chi connectivity index (χ0v) is 17.4. The molecule has 4 nitrogen and oxygen atoms in total. The molecule has 4 atom stereocenters. The van der Waals surface area contributed by atoms with Crippen LogP contribution in [0.4, 0.5) is 0 Å². The molecular weight excluding hydrogens is 376 g/mol. The highest BCUT2D eigenvalue weighted by molar-refractivity contribution is 5.58. The average Bonchev–Trinajstić information content (AvgIpc) is 3.14. The van der Waals surface area contributed by atoms with Gasteiger partial charge in [-0.15, -0.1) is 0 Å². The lowest BCUT2D eigenvalue weighted by molar-refractivity contribution is -0.149. The number of ether oxygens (including phenoxy) is 2. The number of hydrogen-bond donors (Lipinski definition) is 2. The third-order valence-electron chi connectivity index (χ3n) is 6.81. The largest absolute Gasteiger partial charge is 0.497 e. The van der Waals surface area contributed by atoms with Crippen molar-refractivity contribution < 1.29 is 19.7 Å². The molecule has 0 amide bonds. The molecule has 0 unspecified atom stereocenters. The first-order valence-corrected chi connectivity index (χ1v) is 10.3. The molecule has 3 aromatic carbocycles. The third kappa shape index (κ3) is 2.35. The van der Waals surface area contributed by atoms with Gasteiger partial charge in [0.2, 0.25) is 0 Å². The second kappa shape index (κ2) is 6.59. The monoisotopic (exact) mass is 402 g/mol. The van der Waals surface area contributed by atoms with Gasteiger partial charge in [0, 0.05) is 11.5 Å². The minimum absolute atomic E-state index is 0.223. The molecular formula is C26H26O4. The van der Waals surface area contributed by atoms with E-state index in [4.69, 9.17) is 9.47 Å². The van der Waals surface area contributed by atoms with E-state index in [0.29, 0.717) is 17.7 Å². The van der Waals surface area contributed by atoms with Gasteiger partial charge in [0.05, 0.1) is 13.2 Å². The molecule has 0 radical (unpaired) electrons. The van der Waals surface area contributed by atoms with Crippen LogP contribution in [-0.4, -0.2) is 23.4 Å². The number of fused-ring (bicyclic) bond motifs is 3. The van der Waals surface area contributed by atoms with Crippen LogP contribution in [0.1, 0.15) is 40.2 Å². The molecule has 1 aliphatic carbocycles. The summed E-state index contributed by atoms with van der Waals surface area (Å²) in [6.45, 7) is 3.99. The van der Waals surface area contributed by atoms with Crippen LogP contribution in [0.5, 0.6) is 11.5 Å². The van der Waals surface area contributed by atoms with Crippen molar-refractivity contribution >= 4 is 0 Å². The predicted octanol–water partition coefficient (Wildman–Crippen LogP) is 4.34. The molecule has 1 heterocycles. The summed E-state index contributed by atoms with van der Waals surface area (Å²) in [5.41, 5.74) is 1.83. The Labute approximate surface area is 176 Å². The van der Waals surface area contributed by atoms with E-state index in [9.17, 15) is 10.2 Å². The van der Waals surface area contributed by atoms with Crippen LogP contribution in [-0.2, 0) is 11.2 Å². The fraction of sp³-hybridized carbons (Fsp3) is 0.308. The first-order chi connectivity index (χ1) is 14.4. The first-order valence-electron chi connectivity index (χ1n) is 10.3. The van der Waals surface area contributed by atoms with Crippen LogP contribution in [0.2, 0.25) is 0 Å². The molecule has 4 heteroatoms. The summed E-state index contributed by atoms with van der Waals surface area (Å²) < 4.78 is 12.1. The summed E-state index contributed by atoms with van der Waals surface area (Å²) in [4.78, 5) is 0. The van der Waals surface area contributed by atoms with E-state index in [0.717, 1.165) is 28.0 Å². The van der Waals surface area contributed by atoms with E-state index in [1.165, 1.54) is 0 Å². The van der Waals surface area contributed by atoms with Crippen molar-refractivity contribution in [2.24, 2.45) is 0 Å². The van der Waals surface area contributed by atoms with E-state index < -0.39 is 17.3 Å². The molecule has 5 rings (SSSR count). The van der Waals surface area contributed by atoms with Gasteiger partial charge in [-0.1, -0.05) is 48.5 Å². The molecule has 0 saturated heterocycles. The molecule has 2 aliphatic rings. The van der Waals surface area contributed by atoms with Gasteiger partial charge in [0.1, 0.15) is 11.5 Å². The number of benzene rings is 3. The quantitative estimate of drug-likeness (QED) is 0.684. The normalized spacial score (nSPS) is 29.2. The Balaban J connectivity index is 1.81. The van der Waals surface area contributed by atoms with Gasteiger partial charge in [0.15, 0.2) is 11.2 Å². The number of methoxy groups -OCH3 is 1. The molecule has 3 aromatic rings. The highest BCUT2D eigenvalue weighted by Gasteiger charge is 2.72.